The predicted octanol–water partition coefficient (Wildman–Crippen LogP) is 6.87. The van der Waals surface area contributed by atoms with Crippen LogP contribution in [-0.4, -0.2) is 29.1 Å². The number of rotatable bonds is 9. The van der Waals surface area contributed by atoms with Gasteiger partial charge in [-0.3, -0.25) is 14.9 Å². The van der Waals surface area contributed by atoms with E-state index < -0.39 is 0 Å². The van der Waals surface area contributed by atoms with Gasteiger partial charge in [-0.05, 0) is 60.9 Å². The standard InChI is InChI=1S/C33H31N3O2/c1-24(34-23-22-30(25-12-6-3-7-13-25)26-14-8-4-9-15-26)31-32(27-18-20-29(38-2)21-19-27)35-36(33(31)37)28-16-10-5-11-17-28/h3-21,30,35H,22-23H2,1-2H3. The van der Waals surface area contributed by atoms with E-state index in [4.69, 9.17) is 9.73 Å². The first-order valence-corrected chi connectivity index (χ1v) is 12.8. The number of hydrogen-bond acceptors (Lipinski definition) is 3. The predicted molar refractivity (Wildman–Crippen MR) is 155 cm³/mol. The molecule has 0 bridgehead atoms. The van der Waals surface area contributed by atoms with Crippen LogP contribution >= 0.6 is 0 Å². The highest BCUT2D eigenvalue weighted by atomic mass is 16.5. The molecule has 190 valence electrons. The molecule has 0 saturated heterocycles. The summed E-state index contributed by atoms with van der Waals surface area (Å²) in [5.74, 6) is 0.987. The molecule has 0 aliphatic carbocycles. The molecule has 0 radical (unpaired) electrons. The Morgan fingerprint density at radius 3 is 1.92 bits per heavy atom. The van der Waals surface area contributed by atoms with Crippen LogP contribution in [0.5, 0.6) is 5.75 Å². The van der Waals surface area contributed by atoms with Gasteiger partial charge in [0.05, 0.1) is 24.1 Å². The molecule has 0 saturated carbocycles. The Bertz CT molecular complexity index is 1510. The van der Waals surface area contributed by atoms with Gasteiger partial charge in [0, 0.05) is 23.7 Å². The molecular formula is C33H31N3O2. The minimum atomic E-state index is -0.120. The van der Waals surface area contributed by atoms with E-state index in [0.717, 1.165) is 29.1 Å². The third-order valence-electron chi connectivity index (χ3n) is 6.82. The molecule has 1 aromatic heterocycles. The lowest BCUT2D eigenvalue weighted by atomic mass is 9.88. The van der Waals surface area contributed by atoms with Crippen LogP contribution in [0.2, 0.25) is 0 Å². The van der Waals surface area contributed by atoms with Crippen LogP contribution in [0, 0.1) is 0 Å². The van der Waals surface area contributed by atoms with Crippen molar-refractivity contribution in [3.05, 3.63) is 142 Å². The number of nitrogens with zero attached hydrogens (tertiary/aromatic N) is 2. The van der Waals surface area contributed by atoms with E-state index >= 15 is 0 Å². The lowest BCUT2D eigenvalue weighted by Gasteiger charge is -2.17. The molecule has 5 aromatic rings. The first-order valence-electron chi connectivity index (χ1n) is 12.8. The minimum absolute atomic E-state index is 0.120. The maximum absolute atomic E-state index is 13.7. The molecular weight excluding hydrogens is 470 g/mol. The van der Waals surface area contributed by atoms with E-state index in [-0.39, 0.29) is 11.5 Å². The summed E-state index contributed by atoms with van der Waals surface area (Å²) >= 11 is 0. The molecule has 0 fully saturated rings. The number of H-pyrrole nitrogens is 1. The Morgan fingerprint density at radius 2 is 1.37 bits per heavy atom. The number of hydrogen-bond donors (Lipinski definition) is 1. The van der Waals surface area contributed by atoms with E-state index in [1.54, 1.807) is 11.8 Å². The summed E-state index contributed by atoms with van der Waals surface area (Å²) in [5, 5.41) is 3.33. The molecule has 5 nitrogen and oxygen atoms in total. The summed E-state index contributed by atoms with van der Waals surface area (Å²) in [6.45, 7) is 2.52. The highest BCUT2D eigenvalue weighted by Crippen LogP contribution is 2.28. The Morgan fingerprint density at radius 1 is 0.816 bits per heavy atom. The first kappa shape index (κ1) is 25.0. The second kappa shape index (κ2) is 11.6. The minimum Gasteiger partial charge on any atom is -0.497 e. The number of methoxy groups -OCH3 is 1. The van der Waals surface area contributed by atoms with Gasteiger partial charge in [-0.2, -0.15) is 0 Å². The maximum atomic E-state index is 13.7. The molecule has 5 heteroatoms. The van der Waals surface area contributed by atoms with Crippen molar-refractivity contribution in [2.24, 2.45) is 4.99 Å². The van der Waals surface area contributed by atoms with Crippen LogP contribution < -0.4 is 10.3 Å². The fraction of sp³-hybridized carbons (Fsp3) is 0.152. The van der Waals surface area contributed by atoms with Crippen LogP contribution in [0.25, 0.3) is 16.9 Å². The first-order chi connectivity index (χ1) is 18.7. The summed E-state index contributed by atoms with van der Waals surface area (Å²) in [5.41, 5.74) is 6.11. The number of aliphatic imine (C=N–C) groups is 1. The van der Waals surface area contributed by atoms with Gasteiger partial charge in [0.1, 0.15) is 5.75 Å². The molecule has 38 heavy (non-hydrogen) atoms. The van der Waals surface area contributed by atoms with Crippen LogP contribution in [0.3, 0.4) is 0 Å². The Hall–Kier alpha value is -4.64. The van der Waals surface area contributed by atoms with Crippen molar-refractivity contribution in [3.8, 4) is 22.7 Å². The normalized spacial score (nSPS) is 11.6. The molecule has 0 unspecified atom stereocenters. The molecule has 0 amide bonds. The molecule has 0 aliphatic rings. The fourth-order valence-electron chi connectivity index (χ4n) is 4.84. The highest BCUT2D eigenvalue weighted by Gasteiger charge is 2.20. The van der Waals surface area contributed by atoms with Gasteiger partial charge in [-0.25, -0.2) is 4.68 Å². The number of benzene rings is 4. The van der Waals surface area contributed by atoms with Crippen LogP contribution in [0.15, 0.2) is 125 Å². The number of para-hydroxylation sites is 1. The zero-order valence-electron chi connectivity index (χ0n) is 21.7. The lowest BCUT2D eigenvalue weighted by Crippen LogP contribution is -2.19. The molecule has 4 aromatic carbocycles. The third kappa shape index (κ3) is 5.37. The fourth-order valence-corrected chi connectivity index (χ4v) is 4.84. The van der Waals surface area contributed by atoms with E-state index in [0.29, 0.717) is 17.8 Å². The largest absolute Gasteiger partial charge is 0.497 e. The Kier molecular flexibility index (Phi) is 7.65. The molecule has 0 atom stereocenters. The van der Waals surface area contributed by atoms with Crippen molar-refractivity contribution >= 4 is 5.71 Å². The average Bonchev–Trinajstić information content (AvgIpc) is 3.33. The number of nitrogens with one attached hydrogen (secondary N) is 1. The number of aromatic amines is 1. The van der Waals surface area contributed by atoms with Crippen LogP contribution in [0.1, 0.15) is 36.0 Å². The van der Waals surface area contributed by atoms with Gasteiger partial charge in [0.2, 0.25) is 0 Å². The van der Waals surface area contributed by atoms with Crippen LogP contribution in [0.4, 0.5) is 0 Å². The molecule has 0 aliphatic heterocycles. The third-order valence-corrected chi connectivity index (χ3v) is 6.82. The van der Waals surface area contributed by atoms with E-state index in [1.807, 2.05) is 73.7 Å². The zero-order valence-corrected chi connectivity index (χ0v) is 21.7. The van der Waals surface area contributed by atoms with E-state index in [1.165, 1.54) is 11.1 Å². The van der Waals surface area contributed by atoms with Gasteiger partial charge in [-0.1, -0.05) is 78.9 Å². The summed E-state index contributed by atoms with van der Waals surface area (Å²) < 4.78 is 6.92. The zero-order chi connectivity index (χ0) is 26.3. The van der Waals surface area contributed by atoms with Crippen LogP contribution in [-0.2, 0) is 0 Å². The number of ether oxygens (including phenoxy) is 1. The molecule has 0 spiro atoms. The molecule has 5 rings (SSSR count). The quantitative estimate of drug-likeness (QED) is 0.224. The molecule has 1 heterocycles. The van der Waals surface area contributed by atoms with E-state index in [9.17, 15) is 4.79 Å². The summed E-state index contributed by atoms with van der Waals surface area (Å²) in [6.07, 6.45) is 0.834. The SMILES string of the molecule is COc1ccc(-c2[nH]n(-c3ccccc3)c(=O)c2C(C)=NCCC(c2ccccc2)c2ccccc2)cc1. The Labute approximate surface area is 223 Å². The highest BCUT2D eigenvalue weighted by molar-refractivity contribution is 6.03. The van der Waals surface area contributed by atoms with Crippen molar-refractivity contribution in [2.45, 2.75) is 19.3 Å². The Balaban J connectivity index is 1.50. The van der Waals surface area contributed by atoms with Crippen molar-refractivity contribution in [2.75, 3.05) is 13.7 Å². The lowest BCUT2D eigenvalue weighted by molar-refractivity contribution is 0.415. The van der Waals surface area contributed by atoms with Gasteiger partial charge in [-0.15, -0.1) is 0 Å². The summed E-state index contributed by atoms with van der Waals surface area (Å²) in [4.78, 5) is 18.6. The second-order valence-corrected chi connectivity index (χ2v) is 9.20. The van der Waals surface area contributed by atoms with Crippen molar-refractivity contribution in [3.63, 3.8) is 0 Å². The number of aromatic nitrogens is 2. The monoisotopic (exact) mass is 501 g/mol. The van der Waals surface area contributed by atoms with Crippen molar-refractivity contribution in [1.82, 2.24) is 9.78 Å². The second-order valence-electron chi connectivity index (χ2n) is 9.20. The average molecular weight is 502 g/mol. The van der Waals surface area contributed by atoms with Gasteiger partial charge < -0.3 is 4.74 Å². The maximum Gasteiger partial charge on any atom is 0.280 e. The van der Waals surface area contributed by atoms with Crippen molar-refractivity contribution in [1.29, 1.82) is 0 Å². The van der Waals surface area contributed by atoms with Gasteiger partial charge in [0.25, 0.3) is 5.56 Å². The van der Waals surface area contributed by atoms with Gasteiger partial charge in [0.15, 0.2) is 0 Å². The summed E-state index contributed by atoms with van der Waals surface area (Å²) in [7, 11) is 1.64. The van der Waals surface area contributed by atoms with E-state index in [2.05, 4.69) is 53.6 Å². The van der Waals surface area contributed by atoms with Gasteiger partial charge >= 0.3 is 0 Å². The topological polar surface area (TPSA) is 59.4 Å². The molecule has 1 N–H and O–H groups in total. The van der Waals surface area contributed by atoms with Crippen molar-refractivity contribution < 1.29 is 4.74 Å². The summed E-state index contributed by atoms with van der Waals surface area (Å²) in [6, 6.07) is 38.4. The smallest absolute Gasteiger partial charge is 0.280 e.